The van der Waals surface area contributed by atoms with Gasteiger partial charge in [-0.15, -0.1) is 0 Å². The summed E-state index contributed by atoms with van der Waals surface area (Å²) in [6, 6.07) is 7.94. The zero-order valence-corrected chi connectivity index (χ0v) is 16.7. The quantitative estimate of drug-likeness (QED) is 0.761. The number of nitrogens with one attached hydrogen (secondary N) is 2. The predicted octanol–water partition coefficient (Wildman–Crippen LogP) is 2.67. The molecule has 7 nitrogen and oxygen atoms in total. The number of hydrogen-bond donors (Lipinski definition) is 2. The summed E-state index contributed by atoms with van der Waals surface area (Å²) in [5, 5.41) is 6.70. The Hall–Kier alpha value is -2.35. The highest BCUT2D eigenvalue weighted by Crippen LogP contribution is 2.25. The number of rotatable bonds is 7. The lowest BCUT2D eigenvalue weighted by molar-refractivity contribution is 0.238. The van der Waals surface area contributed by atoms with Crippen molar-refractivity contribution in [3.05, 3.63) is 35.7 Å². The van der Waals surface area contributed by atoms with Gasteiger partial charge in [-0.25, -0.2) is 9.78 Å². The van der Waals surface area contributed by atoms with Crippen LogP contribution in [0.1, 0.15) is 31.2 Å². The highest BCUT2D eigenvalue weighted by Gasteiger charge is 2.22. The maximum atomic E-state index is 11.5. The number of nitrogens with zero attached hydrogens (tertiary/aromatic N) is 3. The van der Waals surface area contributed by atoms with Crippen LogP contribution in [0.5, 0.6) is 5.75 Å². The fourth-order valence-corrected chi connectivity index (χ4v) is 3.94. The summed E-state index contributed by atoms with van der Waals surface area (Å²) >= 11 is 1.47. The molecule has 0 bridgehead atoms. The van der Waals surface area contributed by atoms with Crippen molar-refractivity contribution in [2.45, 2.75) is 26.2 Å². The second kappa shape index (κ2) is 9.55. The van der Waals surface area contributed by atoms with Crippen LogP contribution in [0, 0.1) is 5.92 Å². The van der Waals surface area contributed by atoms with E-state index in [4.69, 9.17) is 9.72 Å². The first-order valence-electron chi connectivity index (χ1n) is 9.40. The Morgan fingerprint density at radius 3 is 2.89 bits per heavy atom. The minimum absolute atomic E-state index is 0.0776. The molecular formula is C19H27N5O2S. The second-order valence-electron chi connectivity index (χ2n) is 6.69. The number of piperidine rings is 1. The molecule has 3 rings (SSSR count). The molecule has 27 heavy (non-hydrogen) atoms. The van der Waals surface area contributed by atoms with Crippen LogP contribution < -0.4 is 20.3 Å². The van der Waals surface area contributed by atoms with E-state index in [0.717, 1.165) is 54.7 Å². The molecule has 1 aromatic carbocycles. The van der Waals surface area contributed by atoms with E-state index in [0.29, 0.717) is 18.9 Å². The van der Waals surface area contributed by atoms with Crippen LogP contribution in [-0.4, -0.2) is 48.7 Å². The normalized spacial score (nSPS) is 14.8. The number of amides is 2. The summed E-state index contributed by atoms with van der Waals surface area (Å²) in [5.74, 6) is 2.22. The number of urea groups is 1. The molecule has 2 N–H and O–H groups in total. The smallest absolute Gasteiger partial charge is 0.314 e. The lowest BCUT2D eigenvalue weighted by atomic mass is 9.97. The van der Waals surface area contributed by atoms with Crippen LogP contribution in [0.15, 0.2) is 24.3 Å². The number of anilines is 1. The summed E-state index contributed by atoms with van der Waals surface area (Å²) < 4.78 is 9.80. The Morgan fingerprint density at radius 1 is 1.33 bits per heavy atom. The zero-order valence-electron chi connectivity index (χ0n) is 15.9. The van der Waals surface area contributed by atoms with Gasteiger partial charge in [-0.1, -0.05) is 12.1 Å². The third-order valence-corrected chi connectivity index (χ3v) is 5.54. The summed E-state index contributed by atoms with van der Waals surface area (Å²) in [6.45, 7) is 5.21. The van der Waals surface area contributed by atoms with Gasteiger partial charge in [0.1, 0.15) is 11.6 Å². The summed E-state index contributed by atoms with van der Waals surface area (Å²) in [7, 11) is 1.67. The lowest BCUT2D eigenvalue weighted by Crippen LogP contribution is -2.41. The van der Waals surface area contributed by atoms with Crippen molar-refractivity contribution >= 4 is 22.7 Å². The minimum Gasteiger partial charge on any atom is -0.497 e. The molecule has 0 spiro atoms. The number of ether oxygens (including phenoxy) is 1. The third-order valence-electron chi connectivity index (χ3n) is 4.73. The molecule has 2 heterocycles. The van der Waals surface area contributed by atoms with Crippen molar-refractivity contribution in [2.75, 3.05) is 38.2 Å². The topological polar surface area (TPSA) is 79.4 Å². The maximum Gasteiger partial charge on any atom is 0.314 e. The second-order valence-corrected chi connectivity index (χ2v) is 7.42. The fraction of sp³-hybridized carbons (Fsp3) is 0.526. The van der Waals surface area contributed by atoms with Gasteiger partial charge in [0, 0.05) is 44.1 Å². The summed E-state index contributed by atoms with van der Waals surface area (Å²) in [4.78, 5) is 18.5. The predicted molar refractivity (Wildman–Crippen MR) is 108 cm³/mol. The molecule has 0 atom stereocenters. The van der Waals surface area contributed by atoms with Crippen molar-refractivity contribution in [1.29, 1.82) is 0 Å². The van der Waals surface area contributed by atoms with E-state index < -0.39 is 0 Å². The molecule has 0 saturated carbocycles. The molecule has 1 aliphatic heterocycles. The van der Waals surface area contributed by atoms with Crippen molar-refractivity contribution in [3.63, 3.8) is 0 Å². The molecule has 146 valence electrons. The largest absolute Gasteiger partial charge is 0.497 e. The van der Waals surface area contributed by atoms with Crippen LogP contribution >= 0.6 is 11.5 Å². The Kier molecular flexibility index (Phi) is 6.86. The molecule has 8 heteroatoms. The van der Waals surface area contributed by atoms with Gasteiger partial charge in [0.2, 0.25) is 5.13 Å². The number of carbonyl (C=O) groups is 1. The minimum atomic E-state index is -0.0776. The van der Waals surface area contributed by atoms with Crippen molar-refractivity contribution in [1.82, 2.24) is 20.0 Å². The number of methoxy groups -OCH3 is 1. The number of benzene rings is 1. The monoisotopic (exact) mass is 389 g/mol. The first-order valence-corrected chi connectivity index (χ1v) is 10.2. The van der Waals surface area contributed by atoms with Gasteiger partial charge in [-0.3, -0.25) is 0 Å². The molecule has 1 saturated heterocycles. The Balaban J connectivity index is 1.48. The average molecular weight is 390 g/mol. The molecular weight excluding hydrogens is 362 g/mol. The molecule has 1 aliphatic rings. The van der Waals surface area contributed by atoms with E-state index in [2.05, 4.69) is 26.0 Å². The third kappa shape index (κ3) is 5.56. The first-order chi connectivity index (χ1) is 13.2. The Labute approximate surface area is 164 Å². The molecule has 2 amide bonds. The molecule has 0 aliphatic carbocycles. The fourth-order valence-electron chi connectivity index (χ4n) is 3.20. The van der Waals surface area contributed by atoms with Crippen LogP contribution in [0.3, 0.4) is 0 Å². The lowest BCUT2D eigenvalue weighted by Gasteiger charge is -2.31. The highest BCUT2D eigenvalue weighted by atomic mass is 32.1. The SMILES string of the molecule is CCNC(=O)NCC1CCN(c2nc(Cc3cccc(OC)c3)ns2)CC1. The molecule has 0 radical (unpaired) electrons. The van der Waals surface area contributed by atoms with Crippen molar-refractivity contribution in [3.8, 4) is 5.75 Å². The van der Waals surface area contributed by atoms with E-state index in [1.54, 1.807) is 7.11 Å². The van der Waals surface area contributed by atoms with Crippen molar-refractivity contribution < 1.29 is 9.53 Å². The number of aromatic nitrogens is 2. The molecule has 2 aromatic rings. The van der Waals surface area contributed by atoms with E-state index >= 15 is 0 Å². The van der Waals surface area contributed by atoms with Crippen LogP contribution in [0.25, 0.3) is 0 Å². The van der Waals surface area contributed by atoms with E-state index in [1.807, 2.05) is 25.1 Å². The van der Waals surface area contributed by atoms with Crippen LogP contribution in [-0.2, 0) is 6.42 Å². The van der Waals surface area contributed by atoms with Gasteiger partial charge >= 0.3 is 6.03 Å². The summed E-state index contributed by atoms with van der Waals surface area (Å²) in [5.41, 5.74) is 1.15. The standard InChI is InChI=1S/C19H27N5O2S/c1-3-20-18(25)21-13-14-7-9-24(10-8-14)19-22-17(23-27-19)12-15-5-4-6-16(11-15)26-2/h4-6,11,14H,3,7-10,12-13H2,1-2H3,(H2,20,21,25). The Bertz CT molecular complexity index is 743. The van der Waals surface area contributed by atoms with Gasteiger partial charge in [0.25, 0.3) is 0 Å². The van der Waals surface area contributed by atoms with Gasteiger partial charge in [0.15, 0.2) is 0 Å². The first kappa shape index (κ1) is 19.4. The van der Waals surface area contributed by atoms with E-state index in [-0.39, 0.29) is 6.03 Å². The molecule has 0 unspecified atom stereocenters. The van der Waals surface area contributed by atoms with Crippen molar-refractivity contribution in [2.24, 2.45) is 5.92 Å². The van der Waals surface area contributed by atoms with Crippen LogP contribution in [0.4, 0.5) is 9.93 Å². The summed E-state index contributed by atoms with van der Waals surface area (Å²) in [6.07, 6.45) is 2.81. The van der Waals surface area contributed by atoms with Gasteiger partial charge in [-0.05, 0) is 43.4 Å². The highest BCUT2D eigenvalue weighted by molar-refractivity contribution is 7.09. The zero-order chi connectivity index (χ0) is 19.1. The Morgan fingerprint density at radius 2 is 2.15 bits per heavy atom. The van der Waals surface area contributed by atoms with Crippen LogP contribution in [0.2, 0.25) is 0 Å². The van der Waals surface area contributed by atoms with Gasteiger partial charge in [0.05, 0.1) is 7.11 Å². The maximum absolute atomic E-state index is 11.5. The van der Waals surface area contributed by atoms with E-state index in [9.17, 15) is 4.79 Å². The molecule has 1 aromatic heterocycles. The van der Waals surface area contributed by atoms with E-state index in [1.165, 1.54) is 11.5 Å². The van der Waals surface area contributed by atoms with Gasteiger partial charge in [-0.2, -0.15) is 4.37 Å². The molecule has 1 fully saturated rings. The van der Waals surface area contributed by atoms with Gasteiger partial charge < -0.3 is 20.3 Å². The number of carbonyl (C=O) groups excluding carboxylic acids is 1. The number of hydrogen-bond acceptors (Lipinski definition) is 6. The average Bonchev–Trinajstić information content (AvgIpc) is 3.15.